The zero-order valence-electron chi connectivity index (χ0n) is 7.90. The molecule has 0 radical (unpaired) electrons. The molecule has 0 unspecified atom stereocenters. The molecule has 0 aliphatic carbocycles. The van der Waals surface area contributed by atoms with Crippen molar-refractivity contribution in [2.45, 2.75) is 0 Å². The van der Waals surface area contributed by atoms with Gasteiger partial charge in [-0.3, -0.25) is 0 Å². The smallest absolute Gasteiger partial charge is 1.00 e. The SMILES string of the molecule is O=C(OCCBr)C(=O)OB(O)O.[H-].[Li+]. The zero-order valence-corrected chi connectivity index (χ0v) is 8.48. The molecule has 0 saturated carbocycles. The molecule has 0 aliphatic heterocycles. The minimum atomic E-state index is -2.30. The maximum Gasteiger partial charge on any atom is 1.00 e. The molecular formula is C4H7BBrLiO6. The van der Waals surface area contributed by atoms with Crippen molar-refractivity contribution in [1.29, 1.82) is 0 Å². The van der Waals surface area contributed by atoms with E-state index < -0.39 is 19.3 Å². The monoisotopic (exact) mass is 248 g/mol. The van der Waals surface area contributed by atoms with E-state index >= 15 is 0 Å². The fourth-order valence-corrected chi connectivity index (χ4v) is 0.496. The van der Waals surface area contributed by atoms with E-state index in [1.54, 1.807) is 0 Å². The Morgan fingerprint density at radius 3 is 2.31 bits per heavy atom. The number of carbonyl (C=O) groups is 2. The van der Waals surface area contributed by atoms with Gasteiger partial charge in [0.1, 0.15) is 6.61 Å². The number of rotatable bonds is 3. The van der Waals surface area contributed by atoms with Crippen LogP contribution in [-0.2, 0) is 19.0 Å². The van der Waals surface area contributed by atoms with Gasteiger partial charge in [-0.2, -0.15) is 0 Å². The van der Waals surface area contributed by atoms with Crippen LogP contribution in [-0.4, -0.2) is 41.2 Å². The Balaban J connectivity index is -0.000000605. The van der Waals surface area contributed by atoms with Gasteiger partial charge in [-0.15, -0.1) is 0 Å². The van der Waals surface area contributed by atoms with E-state index in [0.29, 0.717) is 5.33 Å². The van der Waals surface area contributed by atoms with Gasteiger partial charge < -0.3 is 20.9 Å². The minimum Gasteiger partial charge on any atom is -1.00 e. The maximum absolute atomic E-state index is 10.5. The van der Waals surface area contributed by atoms with Crippen LogP contribution in [0.4, 0.5) is 0 Å². The van der Waals surface area contributed by atoms with Crippen LogP contribution in [0.25, 0.3) is 0 Å². The first-order valence-electron chi connectivity index (χ1n) is 2.87. The van der Waals surface area contributed by atoms with Gasteiger partial charge in [-0.05, 0) is 0 Å². The van der Waals surface area contributed by atoms with Crippen LogP contribution in [0.3, 0.4) is 0 Å². The summed E-state index contributed by atoms with van der Waals surface area (Å²) in [6.07, 6.45) is 0. The third kappa shape index (κ3) is 8.34. The van der Waals surface area contributed by atoms with Crippen molar-refractivity contribution < 1.29 is 49.3 Å². The fraction of sp³-hybridized carbons (Fsp3) is 0.500. The number of hydrogen-bond donors (Lipinski definition) is 2. The van der Waals surface area contributed by atoms with Gasteiger partial charge in [0.05, 0.1) is 0 Å². The van der Waals surface area contributed by atoms with Crippen LogP contribution in [0.2, 0.25) is 0 Å². The Hall–Kier alpha value is 0.00234. The summed E-state index contributed by atoms with van der Waals surface area (Å²) in [5.41, 5.74) is 0. The van der Waals surface area contributed by atoms with Crippen molar-refractivity contribution >= 4 is 35.2 Å². The third-order valence-electron chi connectivity index (χ3n) is 0.689. The topological polar surface area (TPSA) is 93.1 Å². The van der Waals surface area contributed by atoms with Crippen molar-refractivity contribution in [3.05, 3.63) is 0 Å². The third-order valence-corrected chi connectivity index (χ3v) is 1.01. The van der Waals surface area contributed by atoms with Crippen molar-refractivity contribution in [3.8, 4) is 0 Å². The second-order valence-corrected chi connectivity index (χ2v) is 2.35. The zero-order chi connectivity index (χ0) is 9.56. The molecule has 0 aliphatic rings. The number of alkyl halides is 1. The summed E-state index contributed by atoms with van der Waals surface area (Å²) in [5, 5.41) is 16.6. The molecule has 0 aromatic rings. The quantitative estimate of drug-likeness (QED) is 0.227. The number of esters is 1. The Labute approximate surface area is 96.6 Å². The Morgan fingerprint density at radius 2 is 1.92 bits per heavy atom. The van der Waals surface area contributed by atoms with Gasteiger partial charge in [-0.25, -0.2) is 9.59 Å². The second kappa shape index (κ2) is 8.59. The molecule has 0 aromatic carbocycles. The summed E-state index contributed by atoms with van der Waals surface area (Å²) in [5.74, 6) is -2.70. The second-order valence-electron chi connectivity index (χ2n) is 1.56. The molecule has 0 saturated heterocycles. The number of halogens is 1. The summed E-state index contributed by atoms with van der Waals surface area (Å²) < 4.78 is 7.96. The van der Waals surface area contributed by atoms with E-state index in [0.717, 1.165) is 0 Å². The van der Waals surface area contributed by atoms with E-state index in [1.165, 1.54) is 0 Å². The normalized spacial score (nSPS) is 8.23. The van der Waals surface area contributed by atoms with Crippen LogP contribution in [0.15, 0.2) is 0 Å². The fourth-order valence-electron chi connectivity index (χ4n) is 0.334. The van der Waals surface area contributed by atoms with Crippen LogP contribution in [0.1, 0.15) is 1.43 Å². The molecule has 0 atom stereocenters. The molecular weight excluding hydrogens is 242 g/mol. The van der Waals surface area contributed by atoms with Crippen LogP contribution < -0.4 is 18.9 Å². The Morgan fingerprint density at radius 1 is 1.38 bits per heavy atom. The van der Waals surface area contributed by atoms with Crippen LogP contribution in [0, 0.1) is 0 Å². The summed E-state index contributed by atoms with van der Waals surface area (Å²) in [4.78, 5) is 20.9. The van der Waals surface area contributed by atoms with Gasteiger partial charge in [0.2, 0.25) is 0 Å². The van der Waals surface area contributed by atoms with Crippen molar-refractivity contribution in [1.82, 2.24) is 0 Å². The summed E-state index contributed by atoms with van der Waals surface area (Å²) in [6.45, 7) is 0.00938. The molecule has 2 N–H and O–H groups in total. The van der Waals surface area contributed by atoms with Crippen LogP contribution in [0.5, 0.6) is 0 Å². The largest absolute Gasteiger partial charge is 1.00 e. The molecule has 13 heavy (non-hydrogen) atoms. The molecule has 0 fully saturated rings. The number of ether oxygens (including phenoxy) is 1. The maximum atomic E-state index is 10.5. The summed E-state index contributed by atoms with van der Waals surface area (Å²) in [7, 11) is -2.30. The number of hydrogen-bond acceptors (Lipinski definition) is 6. The van der Waals surface area contributed by atoms with E-state index in [4.69, 9.17) is 10.0 Å². The van der Waals surface area contributed by atoms with Gasteiger partial charge >= 0.3 is 38.1 Å². The first kappa shape index (κ1) is 15.5. The first-order chi connectivity index (χ1) is 5.57. The Bertz CT molecular complexity index is 181. The molecule has 0 rings (SSSR count). The van der Waals surface area contributed by atoms with Gasteiger partial charge in [-0.1, -0.05) is 15.9 Å². The van der Waals surface area contributed by atoms with E-state index in [2.05, 4.69) is 25.3 Å². The van der Waals surface area contributed by atoms with Crippen molar-refractivity contribution in [2.75, 3.05) is 11.9 Å². The average Bonchev–Trinajstić information content (AvgIpc) is 1.98. The molecule has 0 amide bonds. The molecule has 0 aromatic heterocycles. The van der Waals surface area contributed by atoms with E-state index in [9.17, 15) is 9.59 Å². The van der Waals surface area contributed by atoms with E-state index in [1.807, 2.05) is 0 Å². The van der Waals surface area contributed by atoms with E-state index in [-0.39, 0.29) is 26.9 Å². The predicted molar refractivity (Wildman–Crippen MR) is 42.1 cm³/mol. The first-order valence-corrected chi connectivity index (χ1v) is 4.00. The standard InChI is InChI=1S/C4H6BBrO6.Li.H/c6-1-2-11-3(7)4(8)12-5(9)10;;/h9-10H,1-2H2;;/q;+1;-1. The van der Waals surface area contributed by atoms with Gasteiger partial charge in [0, 0.05) is 5.33 Å². The molecule has 0 bridgehead atoms. The number of carbonyl (C=O) groups excluding carboxylic acids is 2. The van der Waals surface area contributed by atoms with Gasteiger partial charge in [0.25, 0.3) is 0 Å². The Kier molecular flexibility index (Phi) is 10.2. The molecule has 9 heteroatoms. The van der Waals surface area contributed by atoms with Crippen molar-refractivity contribution in [2.24, 2.45) is 0 Å². The molecule has 6 nitrogen and oxygen atoms in total. The van der Waals surface area contributed by atoms with Crippen LogP contribution >= 0.6 is 15.9 Å². The minimum absolute atomic E-state index is 0. The van der Waals surface area contributed by atoms with Gasteiger partial charge in [0.15, 0.2) is 0 Å². The predicted octanol–water partition coefficient (Wildman–Crippen LogP) is -4.45. The summed E-state index contributed by atoms with van der Waals surface area (Å²) in [6, 6.07) is 0. The summed E-state index contributed by atoms with van der Waals surface area (Å²) >= 11 is 2.95. The average molecular weight is 249 g/mol. The molecule has 70 valence electrons. The molecule has 0 spiro atoms. The van der Waals surface area contributed by atoms with Crippen molar-refractivity contribution in [3.63, 3.8) is 0 Å². The molecule has 0 heterocycles.